The lowest BCUT2D eigenvalue weighted by atomic mass is 10.1. The molecular weight excluding hydrogens is 457 g/mol. The van der Waals surface area contributed by atoms with E-state index in [0.29, 0.717) is 12.8 Å². The van der Waals surface area contributed by atoms with E-state index in [1.807, 2.05) is 0 Å². The number of halogens is 2. The lowest BCUT2D eigenvalue weighted by molar-refractivity contribution is 0.00240. The van der Waals surface area contributed by atoms with Crippen molar-refractivity contribution in [1.82, 2.24) is 10.2 Å². The first-order valence-electron chi connectivity index (χ1n) is 10.8. The molecule has 0 aromatic heterocycles. The Hall–Kier alpha value is -1.58. The molecule has 8 nitrogen and oxygen atoms in total. The Morgan fingerprint density at radius 1 is 1.15 bits per heavy atom. The van der Waals surface area contributed by atoms with E-state index in [0.717, 1.165) is 6.07 Å². The summed E-state index contributed by atoms with van der Waals surface area (Å²) in [4.78, 5) is 13.7. The van der Waals surface area contributed by atoms with Crippen molar-refractivity contribution in [2.24, 2.45) is 0 Å². The maximum Gasteiger partial charge on any atom is 0.475 e. The number of nitrogens with zero attached hydrogens (tertiary/aromatic N) is 1. The Bertz CT molecular complexity index is 806. The van der Waals surface area contributed by atoms with Crippen LogP contribution in [0.2, 0.25) is 0 Å². The Morgan fingerprint density at radius 2 is 1.73 bits per heavy atom. The maximum absolute atomic E-state index is 13.7. The standard InChI is InChI=1S/C22H37F2N2O6P/c1-21(2,3)31-33(29,32-22(4,5)6)30-13-9-11-17(15-27)26(7)20(28)25-14-16-10-8-12-18(23)19(16)24/h8,10,12,17,27H,9,11,13-15H2,1-7H3,(H,25,28). The fraction of sp³-hybridized carbons (Fsp3) is 0.682. The summed E-state index contributed by atoms with van der Waals surface area (Å²) in [7, 11) is -2.37. The molecule has 1 aromatic carbocycles. The number of hydrogen-bond acceptors (Lipinski definition) is 6. The molecule has 190 valence electrons. The molecule has 0 saturated carbocycles. The highest BCUT2D eigenvalue weighted by atomic mass is 31.2. The molecule has 0 spiro atoms. The summed E-state index contributed by atoms with van der Waals surface area (Å²) in [5, 5.41) is 12.2. The lowest BCUT2D eigenvalue weighted by Gasteiger charge is -2.31. The molecular formula is C22H37F2N2O6P. The number of aliphatic hydroxyl groups is 1. The monoisotopic (exact) mass is 494 g/mol. The van der Waals surface area contributed by atoms with Crippen LogP contribution in [0.5, 0.6) is 0 Å². The molecule has 0 saturated heterocycles. The largest absolute Gasteiger partial charge is 0.475 e. The summed E-state index contributed by atoms with van der Waals surface area (Å²) in [5.74, 6) is -2.01. The molecule has 1 unspecified atom stereocenters. The van der Waals surface area contributed by atoms with Gasteiger partial charge in [-0.2, -0.15) is 0 Å². The summed E-state index contributed by atoms with van der Waals surface area (Å²) >= 11 is 0. The Morgan fingerprint density at radius 3 is 2.24 bits per heavy atom. The van der Waals surface area contributed by atoms with E-state index in [4.69, 9.17) is 13.6 Å². The number of aliphatic hydroxyl groups excluding tert-OH is 1. The Balaban J connectivity index is 2.62. The molecule has 0 radical (unpaired) electrons. The van der Waals surface area contributed by atoms with E-state index in [1.165, 1.54) is 24.1 Å². The number of rotatable bonds is 11. The van der Waals surface area contributed by atoms with Gasteiger partial charge in [-0.3, -0.25) is 13.6 Å². The first-order valence-corrected chi connectivity index (χ1v) is 12.2. The number of likely N-dealkylation sites (N-methyl/N-ethyl adjacent to an activating group) is 1. The van der Waals surface area contributed by atoms with Gasteiger partial charge in [0.15, 0.2) is 11.6 Å². The second kappa shape index (κ2) is 12.2. The molecule has 11 heteroatoms. The quantitative estimate of drug-likeness (QED) is 0.332. The zero-order valence-corrected chi connectivity index (χ0v) is 21.4. The number of phosphoric acid groups is 1. The van der Waals surface area contributed by atoms with Crippen molar-refractivity contribution in [3.63, 3.8) is 0 Å². The summed E-state index contributed by atoms with van der Waals surface area (Å²) in [5.41, 5.74) is -1.50. The van der Waals surface area contributed by atoms with Gasteiger partial charge in [0.2, 0.25) is 0 Å². The summed E-state index contributed by atoms with van der Waals surface area (Å²) in [6, 6.07) is 2.59. The molecule has 0 bridgehead atoms. The Kier molecular flexibility index (Phi) is 10.9. The lowest BCUT2D eigenvalue weighted by Crippen LogP contribution is -2.45. The third-order valence-corrected chi connectivity index (χ3v) is 6.28. The highest BCUT2D eigenvalue weighted by Gasteiger charge is 2.37. The van der Waals surface area contributed by atoms with Crippen LogP contribution < -0.4 is 5.32 Å². The molecule has 1 rings (SSSR count). The van der Waals surface area contributed by atoms with Gasteiger partial charge in [0.05, 0.1) is 30.5 Å². The van der Waals surface area contributed by atoms with Crippen LogP contribution in [-0.2, 0) is 24.7 Å². The normalized spacial score (nSPS) is 13.6. The molecule has 2 amide bonds. The smallest absolute Gasteiger partial charge is 0.394 e. The van der Waals surface area contributed by atoms with Crippen LogP contribution in [0.25, 0.3) is 0 Å². The van der Waals surface area contributed by atoms with Gasteiger partial charge in [-0.25, -0.2) is 18.1 Å². The molecule has 0 fully saturated rings. The second-order valence-electron chi connectivity index (χ2n) is 9.65. The van der Waals surface area contributed by atoms with E-state index in [1.54, 1.807) is 41.5 Å². The minimum atomic E-state index is -3.85. The fourth-order valence-electron chi connectivity index (χ4n) is 2.79. The third kappa shape index (κ3) is 10.9. The molecule has 0 aliphatic rings. The maximum atomic E-state index is 13.7. The number of nitrogens with one attached hydrogen (secondary N) is 1. The van der Waals surface area contributed by atoms with Crippen molar-refractivity contribution in [1.29, 1.82) is 0 Å². The fourth-order valence-corrected chi connectivity index (χ4v) is 4.63. The summed E-state index contributed by atoms with van der Waals surface area (Å²) in [6.45, 7) is 9.91. The van der Waals surface area contributed by atoms with Gasteiger partial charge in [-0.05, 0) is 60.5 Å². The van der Waals surface area contributed by atoms with Gasteiger partial charge in [0, 0.05) is 19.2 Å². The average Bonchev–Trinajstić information content (AvgIpc) is 2.65. The van der Waals surface area contributed by atoms with E-state index in [-0.39, 0.29) is 25.3 Å². The molecule has 0 aliphatic heterocycles. The van der Waals surface area contributed by atoms with Crippen LogP contribution in [0.3, 0.4) is 0 Å². The van der Waals surface area contributed by atoms with Crippen LogP contribution >= 0.6 is 7.82 Å². The van der Waals surface area contributed by atoms with Crippen LogP contribution in [0.4, 0.5) is 13.6 Å². The van der Waals surface area contributed by atoms with Gasteiger partial charge < -0.3 is 15.3 Å². The molecule has 1 aromatic rings. The summed E-state index contributed by atoms with van der Waals surface area (Å²) < 4.78 is 56.6. The van der Waals surface area contributed by atoms with Crippen LogP contribution in [0.15, 0.2) is 18.2 Å². The minimum absolute atomic E-state index is 0.0131. The van der Waals surface area contributed by atoms with Crippen molar-refractivity contribution in [2.75, 3.05) is 20.3 Å². The predicted octanol–water partition coefficient (Wildman–Crippen LogP) is 5.00. The van der Waals surface area contributed by atoms with Crippen molar-refractivity contribution in [2.45, 2.75) is 78.2 Å². The number of urea groups is 1. The number of benzene rings is 1. The van der Waals surface area contributed by atoms with E-state index in [2.05, 4.69) is 5.32 Å². The van der Waals surface area contributed by atoms with E-state index in [9.17, 15) is 23.2 Å². The zero-order valence-electron chi connectivity index (χ0n) is 20.5. The van der Waals surface area contributed by atoms with Crippen LogP contribution in [0, 0.1) is 11.6 Å². The second-order valence-corrected chi connectivity index (χ2v) is 11.2. The summed E-state index contributed by atoms with van der Waals surface area (Å²) in [6.07, 6.45) is 0.687. The zero-order chi connectivity index (χ0) is 25.4. The molecule has 1 atom stereocenters. The third-order valence-electron chi connectivity index (χ3n) is 4.24. The number of amides is 2. The van der Waals surface area contributed by atoms with Crippen molar-refractivity contribution >= 4 is 13.9 Å². The van der Waals surface area contributed by atoms with E-state index >= 15 is 0 Å². The SMILES string of the molecule is CN(C(=O)NCc1cccc(F)c1F)C(CO)CCCOP(=O)(OC(C)(C)C)OC(C)(C)C. The van der Waals surface area contributed by atoms with Gasteiger partial charge >= 0.3 is 13.9 Å². The van der Waals surface area contributed by atoms with Crippen molar-refractivity contribution < 1.29 is 36.8 Å². The van der Waals surface area contributed by atoms with Crippen molar-refractivity contribution in [3.05, 3.63) is 35.4 Å². The van der Waals surface area contributed by atoms with Gasteiger partial charge in [-0.15, -0.1) is 0 Å². The van der Waals surface area contributed by atoms with E-state index < -0.39 is 42.7 Å². The molecule has 0 heterocycles. The predicted molar refractivity (Wildman–Crippen MR) is 122 cm³/mol. The molecule has 2 N–H and O–H groups in total. The van der Waals surface area contributed by atoms with Crippen LogP contribution in [-0.4, -0.2) is 53.5 Å². The minimum Gasteiger partial charge on any atom is -0.394 e. The Labute approximate surface area is 195 Å². The van der Waals surface area contributed by atoms with Crippen LogP contribution in [0.1, 0.15) is 59.9 Å². The highest BCUT2D eigenvalue weighted by Crippen LogP contribution is 2.55. The number of carbonyl (C=O) groups excluding carboxylic acids is 1. The van der Waals surface area contributed by atoms with Crippen molar-refractivity contribution in [3.8, 4) is 0 Å². The van der Waals surface area contributed by atoms with Gasteiger partial charge in [0.1, 0.15) is 0 Å². The first-order chi connectivity index (χ1) is 15.1. The number of hydrogen-bond donors (Lipinski definition) is 2. The molecule has 33 heavy (non-hydrogen) atoms. The number of carbonyl (C=O) groups is 1. The van der Waals surface area contributed by atoms with Gasteiger partial charge in [0.25, 0.3) is 0 Å². The number of phosphoric ester groups is 1. The highest BCUT2D eigenvalue weighted by molar-refractivity contribution is 7.48. The average molecular weight is 495 g/mol. The topological polar surface area (TPSA) is 97.3 Å². The first kappa shape index (κ1) is 29.5. The van der Waals surface area contributed by atoms with Gasteiger partial charge in [-0.1, -0.05) is 12.1 Å². The molecule has 0 aliphatic carbocycles.